The second-order valence-electron chi connectivity index (χ2n) is 8.06. The van der Waals surface area contributed by atoms with Gasteiger partial charge in [0.05, 0.1) is 0 Å². The topological polar surface area (TPSA) is 82.3 Å². The van der Waals surface area contributed by atoms with E-state index < -0.39 is 6.17 Å². The summed E-state index contributed by atoms with van der Waals surface area (Å²) in [6.07, 6.45) is 7.84. The first-order chi connectivity index (χ1) is 16.0. The zero-order valence-corrected chi connectivity index (χ0v) is 20.6. The second-order valence-corrected chi connectivity index (χ2v) is 9.23. The average molecular weight is 474 g/mol. The molecule has 1 saturated heterocycles. The summed E-state index contributed by atoms with van der Waals surface area (Å²) in [4.78, 5) is 10.0. The molecule has 2 unspecified atom stereocenters. The Morgan fingerprint density at radius 2 is 1.79 bits per heavy atom. The van der Waals surface area contributed by atoms with Crippen LogP contribution in [0.15, 0.2) is 53.6 Å². The molecule has 0 saturated carbocycles. The monoisotopic (exact) mass is 473 g/mol. The van der Waals surface area contributed by atoms with Crippen LogP contribution in [0.2, 0.25) is 0 Å². The number of nitrogens with two attached hydrogens (primary N) is 1. The van der Waals surface area contributed by atoms with Crippen molar-refractivity contribution in [2.45, 2.75) is 62.7 Å². The lowest BCUT2D eigenvalue weighted by atomic mass is 10.0. The largest absolute Gasteiger partial charge is 0.364 e. The smallest absolute Gasteiger partial charge is 0.229 e. The molecule has 2 aliphatic rings. The highest BCUT2D eigenvalue weighted by atomic mass is 32.2. The molecule has 1 aromatic heterocycles. The van der Waals surface area contributed by atoms with E-state index in [1.54, 1.807) is 24.2 Å². The number of piperidine rings is 1. The number of alkyl halides is 1. The molecule has 1 aromatic carbocycles. The number of rotatable bonds is 7. The Morgan fingerprint density at radius 3 is 2.42 bits per heavy atom. The van der Waals surface area contributed by atoms with E-state index in [2.05, 4.69) is 37.0 Å². The van der Waals surface area contributed by atoms with E-state index >= 15 is 0 Å². The first kappa shape index (κ1) is 25.4. The molecular weight excluding hydrogens is 437 g/mol. The molecule has 7 nitrogen and oxygen atoms in total. The molecule has 9 heteroatoms. The average Bonchev–Trinajstić information content (AvgIpc) is 2.84. The molecule has 2 aromatic rings. The third kappa shape index (κ3) is 7.96. The highest BCUT2D eigenvalue weighted by Gasteiger charge is 2.21. The molecule has 0 bridgehead atoms. The number of allylic oxidation sites excluding steroid dienone is 1. The van der Waals surface area contributed by atoms with Gasteiger partial charge in [-0.25, -0.2) is 18.7 Å². The molecule has 2 heterocycles. The van der Waals surface area contributed by atoms with E-state index in [0.717, 1.165) is 43.9 Å². The zero-order chi connectivity index (χ0) is 23.6. The zero-order valence-electron chi connectivity index (χ0n) is 19.7. The maximum absolute atomic E-state index is 13.2. The van der Waals surface area contributed by atoms with Crippen LogP contribution in [0.1, 0.15) is 39.5 Å². The predicted octanol–water partition coefficient (Wildman–Crippen LogP) is 4.99. The van der Waals surface area contributed by atoms with Gasteiger partial charge in [0, 0.05) is 49.0 Å². The summed E-state index contributed by atoms with van der Waals surface area (Å²) in [5.74, 6) is 7.13. The van der Waals surface area contributed by atoms with Crippen molar-refractivity contribution in [3.8, 4) is 0 Å². The maximum atomic E-state index is 13.2. The van der Waals surface area contributed by atoms with Crippen LogP contribution in [0.25, 0.3) is 0 Å². The summed E-state index contributed by atoms with van der Waals surface area (Å²) in [7, 11) is 1.95. The number of aromatic nitrogens is 2. The van der Waals surface area contributed by atoms with Gasteiger partial charge < -0.3 is 10.6 Å². The van der Waals surface area contributed by atoms with Gasteiger partial charge >= 0.3 is 0 Å². The summed E-state index contributed by atoms with van der Waals surface area (Å²) in [5.41, 5.74) is 0.933. The van der Waals surface area contributed by atoms with Crippen LogP contribution in [0, 0.1) is 0 Å². The molecule has 4 N–H and O–H groups in total. The van der Waals surface area contributed by atoms with Gasteiger partial charge in [-0.1, -0.05) is 26.0 Å². The van der Waals surface area contributed by atoms with Crippen molar-refractivity contribution in [3.63, 3.8) is 0 Å². The van der Waals surface area contributed by atoms with Crippen LogP contribution < -0.4 is 16.5 Å². The van der Waals surface area contributed by atoms with Crippen molar-refractivity contribution in [2.75, 3.05) is 30.8 Å². The lowest BCUT2D eigenvalue weighted by Gasteiger charge is -2.33. The van der Waals surface area contributed by atoms with E-state index in [-0.39, 0.29) is 6.04 Å². The normalized spacial score (nSPS) is 21.4. The van der Waals surface area contributed by atoms with E-state index in [1.807, 2.05) is 50.2 Å². The van der Waals surface area contributed by atoms with E-state index in [4.69, 9.17) is 5.84 Å². The molecule has 1 fully saturated rings. The van der Waals surface area contributed by atoms with Gasteiger partial charge in [-0.2, -0.15) is 4.98 Å². The molecular formula is C24H36FN7S. The Bertz CT molecular complexity index is 869. The lowest BCUT2D eigenvalue weighted by molar-refractivity contribution is 0.176. The molecule has 0 radical (unpaired) electrons. The van der Waals surface area contributed by atoms with E-state index in [0.29, 0.717) is 18.4 Å². The number of hydrogen-bond acceptors (Lipinski definition) is 8. The van der Waals surface area contributed by atoms with Crippen LogP contribution in [0.3, 0.4) is 0 Å². The van der Waals surface area contributed by atoms with Gasteiger partial charge in [-0.3, -0.25) is 5.84 Å². The summed E-state index contributed by atoms with van der Waals surface area (Å²) in [5, 5.41) is 8.42. The number of hydrogen-bond donors (Lipinski definition) is 3. The number of halogens is 1. The summed E-state index contributed by atoms with van der Waals surface area (Å²) >= 11 is 1.79. The Balaban J connectivity index is 0.00000149. The Morgan fingerprint density at radius 1 is 1.06 bits per heavy atom. The van der Waals surface area contributed by atoms with Crippen LogP contribution in [0.5, 0.6) is 0 Å². The van der Waals surface area contributed by atoms with Crippen LogP contribution in [0.4, 0.5) is 21.8 Å². The standard InChI is InChI=1S/C22H30FN7S.C2H6/c1-29(24)19-11-14-30(15-12-19)31-20-8-6-18(7-9-20)27-22-25-13-10-21(28-22)26-17-4-2-16(23)3-5-17;1-2/h2,4,6-10,13,16-17,19H,3,5,11-12,14-15,24H2,1H3,(H2,25,26,27,28);1-2H3. The molecule has 2 atom stereocenters. The first-order valence-corrected chi connectivity index (χ1v) is 12.5. The highest BCUT2D eigenvalue weighted by molar-refractivity contribution is 7.97. The van der Waals surface area contributed by atoms with Crippen molar-refractivity contribution in [3.05, 3.63) is 48.7 Å². The first-order valence-electron chi connectivity index (χ1n) is 11.7. The minimum absolute atomic E-state index is 0.0985. The van der Waals surface area contributed by atoms with E-state index in [9.17, 15) is 4.39 Å². The van der Waals surface area contributed by atoms with Gasteiger partial charge in [0.25, 0.3) is 0 Å². The highest BCUT2D eigenvalue weighted by Crippen LogP contribution is 2.28. The maximum Gasteiger partial charge on any atom is 0.229 e. The minimum atomic E-state index is -0.832. The number of hydrazine groups is 1. The minimum Gasteiger partial charge on any atom is -0.364 e. The molecule has 0 amide bonds. The van der Waals surface area contributed by atoms with Crippen molar-refractivity contribution in [1.82, 2.24) is 19.3 Å². The lowest BCUT2D eigenvalue weighted by Crippen LogP contribution is -2.44. The SMILES string of the molecule is CC.CN(N)C1CCN(Sc2ccc(Nc3nccc(NC4C=CC(F)CC4)n3)cc2)CC1. The molecule has 1 aliphatic heterocycles. The van der Waals surface area contributed by atoms with Gasteiger partial charge in [0.15, 0.2) is 0 Å². The Hall–Kier alpha value is -2.20. The van der Waals surface area contributed by atoms with Gasteiger partial charge in [0.1, 0.15) is 12.0 Å². The number of anilines is 3. The number of nitrogens with one attached hydrogen (secondary N) is 2. The van der Waals surface area contributed by atoms with Gasteiger partial charge in [-0.15, -0.1) is 0 Å². The van der Waals surface area contributed by atoms with Gasteiger partial charge in [-0.05, 0) is 68.0 Å². The summed E-state index contributed by atoms with van der Waals surface area (Å²) in [6, 6.07) is 10.7. The van der Waals surface area contributed by atoms with E-state index in [1.165, 1.54) is 4.90 Å². The molecule has 180 valence electrons. The fourth-order valence-corrected chi connectivity index (χ4v) is 4.76. The quantitative estimate of drug-likeness (QED) is 0.224. The summed E-state index contributed by atoms with van der Waals surface area (Å²) in [6.45, 7) is 6.07. The van der Waals surface area contributed by atoms with Crippen molar-refractivity contribution < 1.29 is 4.39 Å². The van der Waals surface area contributed by atoms with Crippen LogP contribution in [-0.2, 0) is 0 Å². The molecule has 33 heavy (non-hydrogen) atoms. The van der Waals surface area contributed by atoms with Crippen molar-refractivity contribution >= 4 is 29.4 Å². The second kappa shape index (κ2) is 12.9. The molecule has 1 aliphatic carbocycles. The van der Waals surface area contributed by atoms with Crippen molar-refractivity contribution in [2.24, 2.45) is 5.84 Å². The van der Waals surface area contributed by atoms with Crippen molar-refractivity contribution in [1.29, 1.82) is 0 Å². The third-order valence-electron chi connectivity index (χ3n) is 5.64. The Labute approximate surface area is 201 Å². The third-order valence-corrected chi connectivity index (χ3v) is 6.75. The Kier molecular flexibility index (Phi) is 9.93. The fraction of sp³-hybridized carbons (Fsp3) is 0.500. The van der Waals surface area contributed by atoms with Crippen LogP contribution >= 0.6 is 11.9 Å². The van der Waals surface area contributed by atoms with Gasteiger partial charge in [0.2, 0.25) is 5.95 Å². The predicted molar refractivity (Wildman–Crippen MR) is 136 cm³/mol. The fourth-order valence-electron chi connectivity index (χ4n) is 3.81. The number of benzene rings is 1. The van der Waals surface area contributed by atoms with Crippen LogP contribution in [-0.4, -0.2) is 57.7 Å². The number of nitrogens with zero attached hydrogens (tertiary/aromatic N) is 4. The molecule has 0 spiro atoms. The molecule has 4 rings (SSSR count). The summed E-state index contributed by atoms with van der Waals surface area (Å²) < 4.78 is 15.6.